The lowest BCUT2D eigenvalue weighted by molar-refractivity contribution is 0.376. The molecule has 0 unspecified atom stereocenters. The molecule has 5 rings (SSSR count). The summed E-state index contributed by atoms with van der Waals surface area (Å²) in [5.41, 5.74) is 4.20. The van der Waals surface area contributed by atoms with Crippen molar-refractivity contribution in [1.29, 1.82) is 0 Å². The highest BCUT2D eigenvalue weighted by Crippen LogP contribution is 2.28. The van der Waals surface area contributed by atoms with Crippen LogP contribution < -0.4 is 4.90 Å². The summed E-state index contributed by atoms with van der Waals surface area (Å²) < 4.78 is 30.8. The van der Waals surface area contributed by atoms with Gasteiger partial charge in [-0.25, -0.2) is 18.4 Å². The van der Waals surface area contributed by atoms with Crippen LogP contribution in [0.4, 0.5) is 5.95 Å². The highest BCUT2D eigenvalue weighted by molar-refractivity contribution is 7.88. The van der Waals surface area contributed by atoms with Crippen LogP contribution in [-0.4, -0.2) is 58.7 Å². The van der Waals surface area contributed by atoms with Crippen molar-refractivity contribution in [2.24, 2.45) is 5.92 Å². The van der Waals surface area contributed by atoms with Gasteiger partial charge in [0.15, 0.2) is 5.82 Å². The third kappa shape index (κ3) is 4.97. The number of nitrogens with zero attached hydrogens (tertiary/aromatic N) is 6. The summed E-state index contributed by atoms with van der Waals surface area (Å²) in [4.78, 5) is 15.9. The van der Waals surface area contributed by atoms with Crippen LogP contribution in [0.3, 0.4) is 0 Å². The van der Waals surface area contributed by atoms with Gasteiger partial charge in [-0.05, 0) is 60.4 Å². The molecule has 2 aromatic heterocycles. The van der Waals surface area contributed by atoms with Gasteiger partial charge in [0.05, 0.1) is 6.26 Å². The SMILES string of the molecule is CCc1cnc(N2CCC(Cc3noc(-c4ccc5c(c4)CCN(S(C)(=O)=O)C5)n3)CC2)nc1. The van der Waals surface area contributed by atoms with Crippen molar-refractivity contribution in [2.75, 3.05) is 30.8 Å². The Morgan fingerprint density at radius 2 is 1.85 bits per heavy atom. The van der Waals surface area contributed by atoms with Gasteiger partial charge in [0.25, 0.3) is 5.89 Å². The van der Waals surface area contributed by atoms with E-state index in [0.29, 0.717) is 31.3 Å². The molecule has 0 radical (unpaired) electrons. The van der Waals surface area contributed by atoms with Crippen molar-refractivity contribution in [3.05, 3.63) is 53.1 Å². The molecule has 10 heteroatoms. The van der Waals surface area contributed by atoms with Crippen LogP contribution in [0, 0.1) is 5.92 Å². The fourth-order valence-corrected chi connectivity index (χ4v) is 5.48. The zero-order valence-electron chi connectivity index (χ0n) is 19.6. The van der Waals surface area contributed by atoms with Crippen molar-refractivity contribution in [3.8, 4) is 11.5 Å². The van der Waals surface area contributed by atoms with Gasteiger partial charge in [0.1, 0.15) is 0 Å². The number of aromatic nitrogens is 4. The van der Waals surface area contributed by atoms with Gasteiger partial charge in [0.2, 0.25) is 16.0 Å². The molecule has 3 aromatic rings. The standard InChI is InChI=1S/C24H30N6O3S/c1-3-17-14-25-24(26-15-17)29-9-6-18(7-10-29)12-22-27-23(33-28-22)20-4-5-21-16-30(34(2,31)32)11-8-19(21)13-20/h4-5,13-15,18H,3,6-12,16H2,1-2H3. The van der Waals surface area contributed by atoms with E-state index in [1.165, 1.54) is 10.6 Å². The van der Waals surface area contributed by atoms with Crippen molar-refractivity contribution in [3.63, 3.8) is 0 Å². The molecule has 0 saturated carbocycles. The first kappa shape index (κ1) is 22.9. The molecule has 0 bridgehead atoms. The number of hydrogen-bond donors (Lipinski definition) is 0. The third-order valence-electron chi connectivity index (χ3n) is 6.84. The van der Waals surface area contributed by atoms with E-state index in [1.54, 1.807) is 0 Å². The topological polar surface area (TPSA) is 105 Å². The Morgan fingerprint density at radius 1 is 1.09 bits per heavy atom. The molecule has 2 aliphatic rings. The first-order valence-corrected chi connectivity index (χ1v) is 13.7. The minimum atomic E-state index is -3.18. The molecule has 180 valence electrons. The Hall–Kier alpha value is -2.85. The molecule has 0 atom stereocenters. The molecular formula is C24H30N6O3S. The molecular weight excluding hydrogens is 452 g/mol. The summed E-state index contributed by atoms with van der Waals surface area (Å²) in [7, 11) is -3.18. The van der Waals surface area contributed by atoms with Gasteiger partial charge in [-0.3, -0.25) is 0 Å². The first-order valence-electron chi connectivity index (χ1n) is 11.8. The average Bonchev–Trinajstić information content (AvgIpc) is 3.32. The van der Waals surface area contributed by atoms with Crippen LogP contribution in [0.2, 0.25) is 0 Å². The number of rotatable bonds is 6. The van der Waals surface area contributed by atoms with Gasteiger partial charge in [-0.2, -0.15) is 9.29 Å². The highest BCUT2D eigenvalue weighted by atomic mass is 32.2. The second-order valence-electron chi connectivity index (χ2n) is 9.23. The molecule has 4 heterocycles. The number of aryl methyl sites for hydroxylation is 1. The summed E-state index contributed by atoms with van der Waals surface area (Å²) in [6.45, 7) is 4.87. The fraction of sp³-hybridized carbons (Fsp3) is 0.500. The number of anilines is 1. The Morgan fingerprint density at radius 3 is 2.56 bits per heavy atom. The summed E-state index contributed by atoms with van der Waals surface area (Å²) >= 11 is 0. The van der Waals surface area contributed by atoms with Gasteiger partial charge in [-0.1, -0.05) is 18.1 Å². The van der Waals surface area contributed by atoms with Gasteiger partial charge >= 0.3 is 0 Å². The molecule has 1 fully saturated rings. The number of piperidine rings is 1. The number of benzene rings is 1. The monoisotopic (exact) mass is 482 g/mol. The molecule has 1 aromatic carbocycles. The van der Waals surface area contributed by atoms with Crippen molar-refractivity contribution < 1.29 is 12.9 Å². The van der Waals surface area contributed by atoms with Crippen LogP contribution in [0.25, 0.3) is 11.5 Å². The van der Waals surface area contributed by atoms with Gasteiger partial charge < -0.3 is 9.42 Å². The minimum absolute atomic E-state index is 0.413. The Kier molecular flexibility index (Phi) is 6.35. The summed E-state index contributed by atoms with van der Waals surface area (Å²) in [6.07, 6.45) is 9.59. The van der Waals surface area contributed by atoms with Crippen LogP contribution in [0.1, 0.15) is 42.3 Å². The van der Waals surface area contributed by atoms with E-state index in [4.69, 9.17) is 4.52 Å². The third-order valence-corrected chi connectivity index (χ3v) is 8.09. The molecule has 9 nitrogen and oxygen atoms in total. The number of sulfonamides is 1. The lowest BCUT2D eigenvalue weighted by Crippen LogP contribution is -2.35. The average molecular weight is 483 g/mol. The number of hydrogen-bond acceptors (Lipinski definition) is 8. The summed E-state index contributed by atoms with van der Waals surface area (Å²) in [6, 6.07) is 5.95. The maximum atomic E-state index is 11.8. The Bertz CT molecular complexity index is 1250. The van der Waals surface area contributed by atoms with Crippen LogP contribution in [-0.2, 0) is 35.8 Å². The van der Waals surface area contributed by atoms with Crippen molar-refractivity contribution in [1.82, 2.24) is 24.4 Å². The predicted molar refractivity (Wildman–Crippen MR) is 129 cm³/mol. The van der Waals surface area contributed by atoms with Crippen LogP contribution >= 0.6 is 0 Å². The Balaban J connectivity index is 1.19. The maximum Gasteiger partial charge on any atom is 0.257 e. The van der Waals surface area contributed by atoms with E-state index in [-0.39, 0.29) is 0 Å². The lowest BCUT2D eigenvalue weighted by atomic mass is 9.93. The van der Waals surface area contributed by atoms with Gasteiger partial charge in [0, 0.05) is 50.6 Å². The Labute approximate surface area is 200 Å². The molecule has 0 spiro atoms. The molecule has 34 heavy (non-hydrogen) atoms. The summed E-state index contributed by atoms with van der Waals surface area (Å²) in [5.74, 6) is 2.56. The predicted octanol–water partition coefficient (Wildman–Crippen LogP) is 2.87. The molecule has 0 amide bonds. The zero-order chi connectivity index (χ0) is 23.7. The van der Waals surface area contributed by atoms with E-state index in [0.717, 1.165) is 72.8 Å². The number of fused-ring (bicyclic) bond motifs is 1. The lowest BCUT2D eigenvalue weighted by Gasteiger charge is -2.31. The van der Waals surface area contributed by atoms with Crippen molar-refractivity contribution in [2.45, 2.75) is 45.6 Å². The first-order chi connectivity index (χ1) is 16.4. The smallest absolute Gasteiger partial charge is 0.257 e. The maximum absolute atomic E-state index is 11.8. The largest absolute Gasteiger partial charge is 0.341 e. The van der Waals surface area contributed by atoms with Crippen molar-refractivity contribution >= 4 is 16.0 Å². The molecule has 2 aliphatic heterocycles. The normalized spacial score (nSPS) is 17.6. The van der Waals surface area contributed by atoms with E-state index < -0.39 is 10.0 Å². The summed E-state index contributed by atoms with van der Waals surface area (Å²) in [5, 5.41) is 4.23. The highest BCUT2D eigenvalue weighted by Gasteiger charge is 2.25. The van der Waals surface area contributed by atoms with Crippen LogP contribution in [0.15, 0.2) is 35.1 Å². The van der Waals surface area contributed by atoms with Gasteiger partial charge in [-0.15, -0.1) is 0 Å². The second kappa shape index (κ2) is 9.42. The quantitative estimate of drug-likeness (QED) is 0.528. The van der Waals surface area contributed by atoms with E-state index in [1.807, 2.05) is 24.5 Å². The van der Waals surface area contributed by atoms with E-state index in [2.05, 4.69) is 38.0 Å². The molecule has 0 N–H and O–H groups in total. The van der Waals surface area contributed by atoms with E-state index >= 15 is 0 Å². The zero-order valence-corrected chi connectivity index (χ0v) is 20.5. The minimum Gasteiger partial charge on any atom is -0.341 e. The van der Waals surface area contributed by atoms with Crippen LogP contribution in [0.5, 0.6) is 0 Å². The molecule has 0 aliphatic carbocycles. The second-order valence-corrected chi connectivity index (χ2v) is 11.2. The van der Waals surface area contributed by atoms with E-state index in [9.17, 15) is 8.42 Å². The fourth-order valence-electron chi connectivity index (χ4n) is 4.69. The molecule has 1 saturated heterocycles.